The number of nitrogens with one attached hydrogen (secondary N) is 2. The number of anilines is 1. The maximum atomic E-state index is 12.1. The van der Waals surface area contributed by atoms with Crippen LogP contribution in [0.2, 0.25) is 0 Å². The summed E-state index contributed by atoms with van der Waals surface area (Å²) in [4.78, 5) is 23.9. The molecule has 0 aliphatic carbocycles. The number of amides is 2. The Morgan fingerprint density at radius 3 is 2.40 bits per heavy atom. The first-order chi connectivity index (χ1) is 9.29. The first-order valence-corrected chi connectivity index (χ1v) is 6.75. The molecule has 1 unspecified atom stereocenters. The molecule has 0 bridgehead atoms. The number of aryl methyl sites for hydroxylation is 1. The fourth-order valence-corrected chi connectivity index (χ4v) is 1.75. The number of nitrogens with two attached hydrogens (primary N) is 1. The van der Waals surface area contributed by atoms with Crippen molar-refractivity contribution >= 4 is 17.5 Å². The van der Waals surface area contributed by atoms with Gasteiger partial charge < -0.3 is 16.4 Å². The third-order valence-corrected chi connectivity index (χ3v) is 2.79. The molecule has 0 radical (unpaired) electrons. The van der Waals surface area contributed by atoms with Crippen molar-refractivity contribution in [1.82, 2.24) is 10.6 Å². The van der Waals surface area contributed by atoms with Gasteiger partial charge in [0, 0.05) is 17.8 Å². The van der Waals surface area contributed by atoms with Crippen molar-refractivity contribution in [2.45, 2.75) is 33.7 Å². The summed E-state index contributed by atoms with van der Waals surface area (Å²) in [5.74, 6) is -0.112. The van der Waals surface area contributed by atoms with E-state index in [9.17, 15) is 9.59 Å². The van der Waals surface area contributed by atoms with Gasteiger partial charge in [-0.25, -0.2) is 0 Å². The van der Waals surface area contributed by atoms with Crippen LogP contribution in [0.25, 0.3) is 0 Å². The minimum absolute atomic E-state index is 0.187. The number of rotatable bonds is 5. The molecule has 1 rings (SSSR count). The van der Waals surface area contributed by atoms with E-state index < -0.39 is 6.04 Å². The van der Waals surface area contributed by atoms with Gasteiger partial charge in [0.2, 0.25) is 5.91 Å². The number of carbonyl (C=O) groups excluding carboxylic acids is 2. The van der Waals surface area contributed by atoms with Crippen LogP contribution < -0.4 is 16.4 Å². The van der Waals surface area contributed by atoms with Gasteiger partial charge in [0.15, 0.2) is 0 Å². The first kappa shape index (κ1) is 16.0. The van der Waals surface area contributed by atoms with Crippen molar-refractivity contribution in [3.05, 3.63) is 29.3 Å². The van der Waals surface area contributed by atoms with Crippen molar-refractivity contribution in [2.24, 2.45) is 5.92 Å². The topological polar surface area (TPSA) is 84.2 Å². The second-order valence-electron chi connectivity index (χ2n) is 5.47. The van der Waals surface area contributed by atoms with E-state index in [1.807, 2.05) is 20.8 Å². The maximum Gasteiger partial charge on any atom is 0.252 e. The zero-order valence-corrected chi connectivity index (χ0v) is 12.5. The largest absolute Gasteiger partial charge is 0.399 e. The van der Waals surface area contributed by atoms with Crippen LogP contribution in [-0.4, -0.2) is 24.4 Å². The van der Waals surface area contributed by atoms with Gasteiger partial charge in [-0.2, -0.15) is 0 Å². The molecule has 1 atom stereocenters. The van der Waals surface area contributed by atoms with E-state index in [1.54, 1.807) is 25.1 Å². The van der Waals surface area contributed by atoms with E-state index in [4.69, 9.17) is 5.73 Å². The summed E-state index contributed by atoms with van der Waals surface area (Å²) < 4.78 is 0. The number of benzene rings is 1. The molecule has 20 heavy (non-hydrogen) atoms. The molecule has 5 nitrogen and oxygen atoms in total. The van der Waals surface area contributed by atoms with Crippen LogP contribution in [-0.2, 0) is 4.79 Å². The average molecular weight is 277 g/mol. The minimum Gasteiger partial charge on any atom is -0.399 e. The van der Waals surface area contributed by atoms with Crippen LogP contribution in [0, 0.1) is 12.8 Å². The molecule has 0 saturated carbocycles. The lowest BCUT2D eigenvalue weighted by Gasteiger charge is -2.15. The Morgan fingerprint density at radius 2 is 1.85 bits per heavy atom. The third-order valence-electron chi connectivity index (χ3n) is 2.79. The van der Waals surface area contributed by atoms with Gasteiger partial charge in [-0.3, -0.25) is 9.59 Å². The van der Waals surface area contributed by atoms with Gasteiger partial charge in [-0.1, -0.05) is 13.8 Å². The highest BCUT2D eigenvalue weighted by atomic mass is 16.2. The molecule has 2 amide bonds. The summed E-state index contributed by atoms with van der Waals surface area (Å²) in [5, 5.41) is 5.45. The van der Waals surface area contributed by atoms with E-state index >= 15 is 0 Å². The van der Waals surface area contributed by atoms with Crippen LogP contribution in [0.15, 0.2) is 18.2 Å². The molecule has 5 heteroatoms. The Bertz CT molecular complexity index is 478. The Morgan fingerprint density at radius 1 is 1.20 bits per heavy atom. The number of hydrogen-bond donors (Lipinski definition) is 3. The molecule has 1 aromatic carbocycles. The SMILES string of the molecule is Cc1cc(N)cc(C(=O)NC(C)C(=O)NCC(C)C)c1. The molecule has 0 aliphatic rings. The molecule has 0 aromatic heterocycles. The number of carbonyl (C=O) groups is 2. The van der Waals surface area contributed by atoms with Gasteiger partial charge in [0.05, 0.1) is 0 Å². The molecular formula is C15H23N3O2. The zero-order chi connectivity index (χ0) is 15.3. The van der Waals surface area contributed by atoms with Crippen molar-refractivity contribution in [2.75, 3.05) is 12.3 Å². The monoisotopic (exact) mass is 277 g/mol. The van der Waals surface area contributed by atoms with Crippen molar-refractivity contribution < 1.29 is 9.59 Å². The van der Waals surface area contributed by atoms with E-state index in [-0.39, 0.29) is 11.8 Å². The minimum atomic E-state index is -0.581. The van der Waals surface area contributed by atoms with Gasteiger partial charge in [0.25, 0.3) is 5.91 Å². The molecule has 4 N–H and O–H groups in total. The van der Waals surface area contributed by atoms with E-state index in [0.29, 0.717) is 23.7 Å². The van der Waals surface area contributed by atoms with Gasteiger partial charge in [-0.15, -0.1) is 0 Å². The second-order valence-corrected chi connectivity index (χ2v) is 5.47. The fraction of sp³-hybridized carbons (Fsp3) is 0.467. The summed E-state index contributed by atoms with van der Waals surface area (Å²) in [6.45, 7) is 8.15. The van der Waals surface area contributed by atoms with E-state index in [0.717, 1.165) is 5.56 Å². The molecular weight excluding hydrogens is 254 g/mol. The van der Waals surface area contributed by atoms with Crippen molar-refractivity contribution in [3.63, 3.8) is 0 Å². The molecule has 1 aromatic rings. The molecule has 0 spiro atoms. The normalized spacial score (nSPS) is 12.1. The average Bonchev–Trinajstić information content (AvgIpc) is 2.34. The fourth-order valence-electron chi connectivity index (χ4n) is 1.75. The Hall–Kier alpha value is -2.04. The Balaban J connectivity index is 2.63. The van der Waals surface area contributed by atoms with E-state index in [1.165, 1.54) is 0 Å². The lowest BCUT2D eigenvalue weighted by molar-refractivity contribution is -0.122. The predicted molar refractivity (Wildman–Crippen MR) is 80.4 cm³/mol. The number of nitrogen functional groups attached to an aromatic ring is 1. The van der Waals surface area contributed by atoms with Gasteiger partial charge >= 0.3 is 0 Å². The summed E-state index contributed by atoms with van der Waals surface area (Å²) in [7, 11) is 0. The van der Waals surface area contributed by atoms with E-state index in [2.05, 4.69) is 10.6 Å². The number of hydrogen-bond acceptors (Lipinski definition) is 3. The second kappa shape index (κ2) is 6.93. The lowest BCUT2D eigenvalue weighted by Crippen LogP contribution is -2.45. The van der Waals surface area contributed by atoms with Gasteiger partial charge in [-0.05, 0) is 43.5 Å². The zero-order valence-electron chi connectivity index (χ0n) is 12.5. The summed E-state index contributed by atoms with van der Waals surface area (Å²) in [5.41, 5.74) is 7.62. The van der Waals surface area contributed by atoms with Crippen LogP contribution in [0.5, 0.6) is 0 Å². The summed E-state index contributed by atoms with van der Waals surface area (Å²) >= 11 is 0. The van der Waals surface area contributed by atoms with Crippen LogP contribution in [0.4, 0.5) is 5.69 Å². The quantitative estimate of drug-likeness (QED) is 0.713. The highest BCUT2D eigenvalue weighted by Crippen LogP contribution is 2.11. The predicted octanol–water partition coefficient (Wildman–Crippen LogP) is 1.47. The third kappa shape index (κ3) is 4.91. The molecule has 0 saturated heterocycles. The Labute approximate surface area is 119 Å². The summed E-state index contributed by atoms with van der Waals surface area (Å²) in [6, 6.07) is 4.55. The maximum absolute atomic E-state index is 12.1. The molecule has 0 fully saturated rings. The smallest absolute Gasteiger partial charge is 0.252 e. The lowest BCUT2D eigenvalue weighted by atomic mass is 10.1. The van der Waals surface area contributed by atoms with Crippen LogP contribution >= 0.6 is 0 Å². The molecule has 110 valence electrons. The molecule has 0 aliphatic heterocycles. The highest BCUT2D eigenvalue weighted by molar-refractivity contribution is 5.98. The van der Waals surface area contributed by atoms with Crippen molar-refractivity contribution in [1.29, 1.82) is 0 Å². The van der Waals surface area contributed by atoms with Gasteiger partial charge in [0.1, 0.15) is 6.04 Å². The Kier molecular flexibility index (Phi) is 5.55. The molecule has 0 heterocycles. The summed E-state index contributed by atoms with van der Waals surface area (Å²) in [6.07, 6.45) is 0. The van der Waals surface area contributed by atoms with Crippen LogP contribution in [0.1, 0.15) is 36.7 Å². The standard InChI is InChI=1S/C15H23N3O2/c1-9(2)8-17-14(19)11(4)18-15(20)12-5-10(3)6-13(16)7-12/h5-7,9,11H,8,16H2,1-4H3,(H,17,19)(H,18,20). The highest BCUT2D eigenvalue weighted by Gasteiger charge is 2.16. The van der Waals surface area contributed by atoms with Crippen LogP contribution in [0.3, 0.4) is 0 Å². The van der Waals surface area contributed by atoms with Crippen molar-refractivity contribution in [3.8, 4) is 0 Å². The first-order valence-electron chi connectivity index (χ1n) is 6.75.